The van der Waals surface area contributed by atoms with Gasteiger partial charge in [-0.25, -0.2) is 22.0 Å². The number of ether oxygens (including phenoxy) is 2. The van der Waals surface area contributed by atoms with Crippen LogP contribution < -0.4 is 9.47 Å². The summed E-state index contributed by atoms with van der Waals surface area (Å²) in [5.41, 5.74) is -1.14. The monoisotopic (exact) mass is 460 g/mol. The van der Waals surface area contributed by atoms with Crippen LogP contribution in [0.5, 0.6) is 11.5 Å². The highest BCUT2D eigenvalue weighted by Gasteiger charge is 2.23. The van der Waals surface area contributed by atoms with Gasteiger partial charge in [-0.2, -0.15) is 0 Å². The predicted molar refractivity (Wildman–Crippen MR) is 120 cm³/mol. The number of rotatable bonds is 8. The van der Waals surface area contributed by atoms with E-state index in [9.17, 15) is 22.0 Å². The molecule has 2 nitrogen and oxygen atoms in total. The average Bonchev–Trinajstić information content (AvgIpc) is 2.82. The predicted octanol–water partition coefficient (Wildman–Crippen LogP) is 7.93. The molecule has 172 valence electrons. The van der Waals surface area contributed by atoms with Crippen molar-refractivity contribution in [2.24, 2.45) is 0 Å². The summed E-state index contributed by atoms with van der Waals surface area (Å²) in [6.45, 7) is 3.91. The standard InChI is InChI=1S/C26H21F5O2/c1-3-5-13-32-18-10-7-16(8-11-18)22(27)23(28)19-15-17-9-12-20(33-14-6-4-2)25(30)21(17)26(31)24(19)29/h3-12,15H,13-14H2,1-2H3. The molecule has 0 heterocycles. The highest BCUT2D eigenvalue weighted by atomic mass is 19.2. The molecule has 3 rings (SSSR count). The first-order chi connectivity index (χ1) is 15.9. The van der Waals surface area contributed by atoms with Crippen molar-refractivity contribution in [1.29, 1.82) is 0 Å². The van der Waals surface area contributed by atoms with Crippen LogP contribution in [0.15, 0.2) is 66.8 Å². The van der Waals surface area contributed by atoms with Crippen molar-refractivity contribution in [1.82, 2.24) is 0 Å². The van der Waals surface area contributed by atoms with Crippen LogP contribution in [0.25, 0.3) is 22.4 Å². The normalized spacial score (nSPS) is 12.6. The number of hydrogen-bond donors (Lipinski definition) is 0. The summed E-state index contributed by atoms with van der Waals surface area (Å²) in [6, 6.07) is 8.67. The molecule has 33 heavy (non-hydrogen) atoms. The Kier molecular flexibility index (Phi) is 7.87. The quantitative estimate of drug-likeness (QED) is 0.193. The van der Waals surface area contributed by atoms with Crippen molar-refractivity contribution in [3.8, 4) is 11.5 Å². The first-order valence-electron chi connectivity index (χ1n) is 10.1. The Morgan fingerprint density at radius 2 is 1.39 bits per heavy atom. The maximum absolute atomic E-state index is 14.8. The highest BCUT2D eigenvalue weighted by molar-refractivity contribution is 5.91. The lowest BCUT2D eigenvalue weighted by atomic mass is 10.0. The summed E-state index contributed by atoms with van der Waals surface area (Å²) in [6.07, 6.45) is 6.85. The van der Waals surface area contributed by atoms with Gasteiger partial charge in [0.15, 0.2) is 34.9 Å². The molecule has 0 amide bonds. The molecule has 3 aromatic rings. The van der Waals surface area contributed by atoms with Crippen molar-refractivity contribution in [2.75, 3.05) is 13.2 Å². The minimum atomic E-state index is -1.70. The summed E-state index contributed by atoms with van der Waals surface area (Å²) < 4.78 is 84.2. The SMILES string of the molecule is CC=CCOc1ccc(C(F)=C(F)c2cc3ccc(OCC=CC)c(F)c3c(F)c2F)cc1. The smallest absolute Gasteiger partial charge is 0.175 e. The third-order valence-corrected chi connectivity index (χ3v) is 4.78. The van der Waals surface area contributed by atoms with Crippen molar-refractivity contribution < 1.29 is 31.4 Å². The molecule has 0 fully saturated rings. The summed E-state index contributed by atoms with van der Waals surface area (Å²) in [5.74, 6) is -7.32. The first-order valence-corrected chi connectivity index (χ1v) is 10.1. The van der Waals surface area contributed by atoms with Gasteiger partial charge in [0.25, 0.3) is 0 Å². The van der Waals surface area contributed by atoms with Crippen LogP contribution in [0, 0.1) is 17.5 Å². The summed E-state index contributed by atoms with van der Waals surface area (Å²) >= 11 is 0. The van der Waals surface area contributed by atoms with Crippen molar-refractivity contribution in [3.63, 3.8) is 0 Å². The zero-order chi connectivity index (χ0) is 24.0. The maximum Gasteiger partial charge on any atom is 0.175 e. The molecule has 0 aromatic heterocycles. The number of allylic oxidation sites excluding steroid dienone is 2. The number of benzene rings is 3. The van der Waals surface area contributed by atoms with Crippen molar-refractivity contribution in [2.45, 2.75) is 13.8 Å². The second-order valence-electron chi connectivity index (χ2n) is 6.94. The van der Waals surface area contributed by atoms with Crippen molar-refractivity contribution >= 4 is 22.4 Å². The van der Waals surface area contributed by atoms with Gasteiger partial charge in [0, 0.05) is 5.56 Å². The van der Waals surface area contributed by atoms with E-state index in [1.165, 1.54) is 36.4 Å². The van der Waals surface area contributed by atoms with Gasteiger partial charge in [0.05, 0.1) is 10.9 Å². The van der Waals surface area contributed by atoms with E-state index in [0.29, 0.717) is 12.4 Å². The molecule has 0 N–H and O–H groups in total. The van der Waals surface area contributed by atoms with Crippen LogP contribution in [0.2, 0.25) is 0 Å². The molecule has 0 spiro atoms. The molecule has 3 aromatic carbocycles. The van der Waals surface area contributed by atoms with E-state index in [0.717, 1.165) is 6.07 Å². The molecule has 0 atom stereocenters. The van der Waals surface area contributed by atoms with E-state index in [4.69, 9.17) is 9.47 Å². The molecule has 0 bridgehead atoms. The lowest BCUT2D eigenvalue weighted by molar-refractivity contribution is 0.342. The largest absolute Gasteiger partial charge is 0.490 e. The number of hydrogen-bond acceptors (Lipinski definition) is 2. The summed E-state index contributed by atoms with van der Waals surface area (Å²) in [5, 5.41) is -0.847. The van der Waals surface area contributed by atoms with Gasteiger partial charge in [-0.1, -0.05) is 30.4 Å². The molecule has 7 heteroatoms. The molecule has 0 aliphatic rings. The lowest BCUT2D eigenvalue weighted by Gasteiger charge is -2.11. The minimum absolute atomic E-state index is 0.0306. The summed E-state index contributed by atoms with van der Waals surface area (Å²) in [7, 11) is 0. The molecular weight excluding hydrogens is 439 g/mol. The van der Waals surface area contributed by atoms with Crippen LogP contribution in [0.3, 0.4) is 0 Å². The van der Waals surface area contributed by atoms with E-state index in [1.807, 2.05) is 6.92 Å². The van der Waals surface area contributed by atoms with Crippen LogP contribution >= 0.6 is 0 Å². The minimum Gasteiger partial charge on any atom is -0.490 e. The Morgan fingerprint density at radius 1 is 0.758 bits per heavy atom. The van der Waals surface area contributed by atoms with E-state index < -0.39 is 40.1 Å². The van der Waals surface area contributed by atoms with E-state index in [1.54, 1.807) is 31.2 Å². The molecule has 0 saturated carbocycles. The van der Waals surface area contributed by atoms with Gasteiger partial charge >= 0.3 is 0 Å². The molecule has 0 aliphatic heterocycles. The van der Waals surface area contributed by atoms with Gasteiger partial charge in [-0.15, -0.1) is 0 Å². The molecule has 0 unspecified atom stereocenters. The Morgan fingerprint density at radius 3 is 2.03 bits per heavy atom. The maximum atomic E-state index is 14.8. The zero-order valence-corrected chi connectivity index (χ0v) is 18.0. The third kappa shape index (κ3) is 5.25. The van der Waals surface area contributed by atoms with Gasteiger partial charge < -0.3 is 9.47 Å². The van der Waals surface area contributed by atoms with Crippen molar-refractivity contribution in [3.05, 3.63) is 95.3 Å². The Hall–Kier alpha value is -3.61. The fourth-order valence-electron chi connectivity index (χ4n) is 3.05. The van der Waals surface area contributed by atoms with E-state index in [2.05, 4.69) is 0 Å². The fourth-order valence-corrected chi connectivity index (χ4v) is 3.05. The molecule has 0 saturated heterocycles. The first kappa shape index (κ1) is 24.0. The Balaban J connectivity index is 1.99. The van der Waals surface area contributed by atoms with E-state index >= 15 is 0 Å². The van der Waals surface area contributed by atoms with Gasteiger partial charge in [0.2, 0.25) is 0 Å². The van der Waals surface area contributed by atoms with Gasteiger partial charge in [-0.3, -0.25) is 0 Å². The third-order valence-electron chi connectivity index (χ3n) is 4.78. The second kappa shape index (κ2) is 10.8. The highest BCUT2D eigenvalue weighted by Crippen LogP contribution is 2.37. The van der Waals surface area contributed by atoms with Gasteiger partial charge in [-0.05, 0) is 55.6 Å². The molecule has 0 radical (unpaired) electrons. The lowest BCUT2D eigenvalue weighted by Crippen LogP contribution is -2.01. The van der Waals surface area contributed by atoms with E-state index in [-0.39, 0.29) is 23.3 Å². The molecular formula is C26H21F5O2. The number of fused-ring (bicyclic) bond motifs is 1. The number of halogens is 5. The summed E-state index contributed by atoms with van der Waals surface area (Å²) in [4.78, 5) is 0. The van der Waals surface area contributed by atoms with Crippen LogP contribution in [-0.4, -0.2) is 13.2 Å². The fraction of sp³-hybridized carbons (Fsp3) is 0.154. The topological polar surface area (TPSA) is 18.5 Å². The molecule has 0 aliphatic carbocycles. The second-order valence-corrected chi connectivity index (χ2v) is 6.94. The Labute approximate surface area is 188 Å². The van der Waals surface area contributed by atoms with Crippen LogP contribution in [-0.2, 0) is 0 Å². The van der Waals surface area contributed by atoms with Crippen LogP contribution in [0.4, 0.5) is 22.0 Å². The zero-order valence-electron chi connectivity index (χ0n) is 18.0. The average molecular weight is 460 g/mol. The Bertz CT molecular complexity index is 1230. The van der Waals surface area contributed by atoms with Gasteiger partial charge in [0.1, 0.15) is 19.0 Å². The van der Waals surface area contributed by atoms with Crippen LogP contribution in [0.1, 0.15) is 25.0 Å².